The van der Waals surface area contributed by atoms with Gasteiger partial charge in [-0.3, -0.25) is 9.88 Å². The molecule has 2 aliphatic rings. The van der Waals surface area contributed by atoms with Gasteiger partial charge in [0.1, 0.15) is 16.0 Å². The van der Waals surface area contributed by atoms with E-state index < -0.39 is 10.0 Å². The van der Waals surface area contributed by atoms with Gasteiger partial charge in [0.2, 0.25) is 15.9 Å². The Bertz CT molecular complexity index is 1090. The van der Waals surface area contributed by atoms with Crippen LogP contribution < -0.4 is 4.74 Å². The van der Waals surface area contributed by atoms with Crippen molar-refractivity contribution in [3.63, 3.8) is 0 Å². The van der Waals surface area contributed by atoms with Crippen LogP contribution in [-0.4, -0.2) is 57.8 Å². The molecule has 29 heavy (non-hydrogen) atoms. The van der Waals surface area contributed by atoms with Crippen LogP contribution >= 0.6 is 11.3 Å². The number of thiazole rings is 1. The highest BCUT2D eigenvalue weighted by Gasteiger charge is 2.47. The van der Waals surface area contributed by atoms with Crippen molar-refractivity contribution in [1.29, 1.82) is 0 Å². The SMILES string of the molecule is O=S1(=O)c2cccnc2O[C@H]2CN(Cc3nccs3)C[C@@H]2N1Cc1ccccn1. The smallest absolute Gasteiger partial charge is 0.249 e. The quantitative estimate of drug-likeness (QED) is 0.624. The summed E-state index contributed by atoms with van der Waals surface area (Å²) in [6.07, 6.45) is 4.69. The van der Waals surface area contributed by atoms with E-state index in [1.807, 2.05) is 23.6 Å². The zero-order valence-electron chi connectivity index (χ0n) is 15.5. The van der Waals surface area contributed by atoms with Crippen molar-refractivity contribution in [2.75, 3.05) is 13.1 Å². The summed E-state index contributed by atoms with van der Waals surface area (Å²) in [5.74, 6) is 0.169. The highest BCUT2D eigenvalue weighted by atomic mass is 32.2. The number of hydrogen-bond acceptors (Lipinski definition) is 8. The van der Waals surface area contributed by atoms with Gasteiger partial charge in [0.05, 0.1) is 24.8 Å². The van der Waals surface area contributed by atoms with Gasteiger partial charge in [-0.25, -0.2) is 18.4 Å². The van der Waals surface area contributed by atoms with Crippen LogP contribution in [0.2, 0.25) is 0 Å². The molecule has 0 saturated carbocycles. The van der Waals surface area contributed by atoms with Crippen molar-refractivity contribution >= 4 is 21.4 Å². The third kappa shape index (κ3) is 3.52. The van der Waals surface area contributed by atoms with Crippen LogP contribution in [0, 0.1) is 0 Å². The fourth-order valence-electron chi connectivity index (χ4n) is 3.84. The Hall–Kier alpha value is -2.40. The molecule has 3 aromatic heterocycles. The number of fused-ring (bicyclic) bond motifs is 2. The van der Waals surface area contributed by atoms with Crippen molar-refractivity contribution in [2.45, 2.75) is 30.1 Å². The molecule has 0 bridgehead atoms. The van der Waals surface area contributed by atoms with Crippen molar-refractivity contribution in [3.8, 4) is 5.88 Å². The van der Waals surface area contributed by atoms with E-state index in [1.54, 1.807) is 42.1 Å². The maximum Gasteiger partial charge on any atom is 0.249 e. The first-order valence-corrected chi connectivity index (χ1v) is 11.6. The molecule has 0 unspecified atom stereocenters. The predicted molar refractivity (Wildman–Crippen MR) is 107 cm³/mol. The van der Waals surface area contributed by atoms with Gasteiger partial charge < -0.3 is 4.74 Å². The van der Waals surface area contributed by atoms with Gasteiger partial charge in [-0.15, -0.1) is 11.3 Å². The van der Waals surface area contributed by atoms with E-state index in [2.05, 4.69) is 19.9 Å². The first kappa shape index (κ1) is 18.6. The summed E-state index contributed by atoms with van der Waals surface area (Å²) in [6.45, 7) is 2.02. The van der Waals surface area contributed by atoms with Crippen LogP contribution in [0.5, 0.6) is 5.88 Å². The molecule has 8 nitrogen and oxygen atoms in total. The lowest BCUT2D eigenvalue weighted by Crippen LogP contribution is -2.46. The van der Waals surface area contributed by atoms with E-state index in [9.17, 15) is 8.42 Å². The number of nitrogens with zero attached hydrogens (tertiary/aromatic N) is 5. The van der Waals surface area contributed by atoms with E-state index in [1.165, 1.54) is 4.31 Å². The molecule has 0 aliphatic carbocycles. The zero-order chi connectivity index (χ0) is 19.8. The Kier molecular flexibility index (Phi) is 4.78. The lowest BCUT2D eigenvalue weighted by molar-refractivity contribution is 0.143. The lowest BCUT2D eigenvalue weighted by atomic mass is 10.2. The topological polar surface area (TPSA) is 88.5 Å². The number of likely N-dealkylation sites (tertiary alicyclic amines) is 1. The first-order chi connectivity index (χ1) is 14.1. The predicted octanol–water partition coefficient (Wildman–Crippen LogP) is 1.77. The van der Waals surface area contributed by atoms with Crippen molar-refractivity contribution in [3.05, 3.63) is 65.0 Å². The number of ether oxygens (including phenoxy) is 1. The Labute approximate surface area is 172 Å². The van der Waals surface area contributed by atoms with Crippen LogP contribution in [-0.2, 0) is 23.1 Å². The molecular formula is C19H19N5O3S2. The summed E-state index contributed by atoms with van der Waals surface area (Å²) in [6, 6.07) is 8.35. The molecule has 1 fully saturated rings. The largest absolute Gasteiger partial charge is 0.470 e. The van der Waals surface area contributed by atoms with E-state index in [4.69, 9.17) is 4.74 Å². The standard InChI is InChI=1S/C19H19N5O3S2/c25-29(26)17-5-3-7-22-19(17)27-16-12-23(13-18-21-8-9-28-18)11-15(16)24(29)10-14-4-1-2-6-20-14/h1-9,15-16H,10-13H2/t15-,16-/m0/s1. The Morgan fingerprint density at radius 2 is 1.93 bits per heavy atom. The number of pyridine rings is 2. The molecule has 0 aromatic carbocycles. The van der Waals surface area contributed by atoms with Crippen LogP contribution in [0.1, 0.15) is 10.7 Å². The van der Waals surface area contributed by atoms with E-state index in [-0.39, 0.29) is 29.5 Å². The Morgan fingerprint density at radius 1 is 1.03 bits per heavy atom. The molecule has 0 spiro atoms. The lowest BCUT2D eigenvalue weighted by Gasteiger charge is -2.27. The summed E-state index contributed by atoms with van der Waals surface area (Å²) in [5.41, 5.74) is 0.695. The third-order valence-corrected chi connectivity index (χ3v) is 7.80. The van der Waals surface area contributed by atoms with Crippen molar-refractivity contribution in [1.82, 2.24) is 24.2 Å². The average molecular weight is 430 g/mol. The van der Waals surface area contributed by atoms with Gasteiger partial charge in [-0.1, -0.05) is 6.07 Å². The van der Waals surface area contributed by atoms with Crippen LogP contribution in [0.25, 0.3) is 0 Å². The molecule has 150 valence electrons. The number of sulfonamides is 1. The van der Waals surface area contributed by atoms with Gasteiger partial charge in [0.25, 0.3) is 0 Å². The molecule has 1 saturated heterocycles. The fourth-order valence-corrected chi connectivity index (χ4v) is 6.18. The number of aromatic nitrogens is 3. The monoisotopic (exact) mass is 429 g/mol. The van der Waals surface area contributed by atoms with Crippen molar-refractivity contribution < 1.29 is 13.2 Å². The second kappa shape index (κ2) is 7.45. The third-order valence-electron chi connectivity index (χ3n) is 5.15. The number of rotatable bonds is 4. The summed E-state index contributed by atoms with van der Waals surface area (Å²) < 4.78 is 34.7. The minimum Gasteiger partial charge on any atom is -0.470 e. The highest BCUT2D eigenvalue weighted by Crippen LogP contribution is 2.36. The van der Waals surface area contributed by atoms with E-state index in [0.717, 1.165) is 5.01 Å². The van der Waals surface area contributed by atoms with Gasteiger partial charge in [-0.2, -0.15) is 4.31 Å². The minimum absolute atomic E-state index is 0.108. The summed E-state index contributed by atoms with van der Waals surface area (Å²) in [4.78, 5) is 15.2. The molecule has 2 atom stereocenters. The molecule has 0 amide bonds. The Morgan fingerprint density at radius 3 is 2.72 bits per heavy atom. The number of hydrogen-bond donors (Lipinski definition) is 0. The molecule has 0 N–H and O–H groups in total. The second-order valence-corrected chi connectivity index (χ2v) is 9.86. The second-order valence-electron chi connectivity index (χ2n) is 7.02. The molecule has 0 radical (unpaired) electrons. The summed E-state index contributed by atoms with van der Waals surface area (Å²) >= 11 is 1.59. The fraction of sp³-hybridized carbons (Fsp3) is 0.316. The average Bonchev–Trinajstić information content (AvgIpc) is 3.36. The summed E-state index contributed by atoms with van der Waals surface area (Å²) in [5, 5.41) is 2.94. The van der Waals surface area contributed by atoms with Crippen LogP contribution in [0.4, 0.5) is 0 Å². The first-order valence-electron chi connectivity index (χ1n) is 9.25. The van der Waals surface area contributed by atoms with Crippen LogP contribution in [0.3, 0.4) is 0 Å². The Balaban J connectivity index is 1.52. The zero-order valence-corrected chi connectivity index (χ0v) is 17.1. The van der Waals surface area contributed by atoms with Gasteiger partial charge in [-0.05, 0) is 24.3 Å². The molecule has 10 heteroatoms. The van der Waals surface area contributed by atoms with Crippen LogP contribution in [0.15, 0.2) is 59.2 Å². The molecule has 2 aliphatic heterocycles. The van der Waals surface area contributed by atoms with Crippen molar-refractivity contribution in [2.24, 2.45) is 0 Å². The highest BCUT2D eigenvalue weighted by molar-refractivity contribution is 7.89. The van der Waals surface area contributed by atoms with Gasteiger partial charge in [0.15, 0.2) is 0 Å². The molecular weight excluding hydrogens is 410 g/mol. The van der Waals surface area contributed by atoms with E-state index >= 15 is 0 Å². The molecule has 5 rings (SSSR count). The van der Waals surface area contributed by atoms with E-state index in [0.29, 0.717) is 25.3 Å². The minimum atomic E-state index is -3.79. The maximum atomic E-state index is 13.5. The normalized spacial score (nSPS) is 23.7. The summed E-state index contributed by atoms with van der Waals surface area (Å²) in [7, 11) is -3.79. The maximum absolute atomic E-state index is 13.5. The van der Waals surface area contributed by atoms with Gasteiger partial charge >= 0.3 is 0 Å². The molecule has 3 aromatic rings. The van der Waals surface area contributed by atoms with Gasteiger partial charge in [0, 0.05) is 37.1 Å². The molecule has 5 heterocycles.